The van der Waals surface area contributed by atoms with E-state index in [1.807, 2.05) is 6.92 Å². The highest BCUT2D eigenvalue weighted by molar-refractivity contribution is 5.11. The molecule has 11 heavy (non-hydrogen) atoms. The Hall–Kier alpha value is -0.960. The standard InChI is InChI=1S/C8H11FN2/c1-6(10)5-7-3-2-4-11-8(7)9/h2-4,6H,5,10H2,1H3/t6-/m1/s1. The van der Waals surface area contributed by atoms with Crippen molar-refractivity contribution < 1.29 is 4.39 Å². The van der Waals surface area contributed by atoms with E-state index in [1.165, 1.54) is 6.20 Å². The van der Waals surface area contributed by atoms with E-state index in [1.54, 1.807) is 12.1 Å². The maximum Gasteiger partial charge on any atom is 0.216 e. The molecule has 0 radical (unpaired) electrons. The first kappa shape index (κ1) is 8.14. The maximum absolute atomic E-state index is 12.8. The van der Waals surface area contributed by atoms with Gasteiger partial charge in [0.25, 0.3) is 0 Å². The lowest BCUT2D eigenvalue weighted by molar-refractivity contribution is 0.556. The fraction of sp³-hybridized carbons (Fsp3) is 0.375. The van der Waals surface area contributed by atoms with Gasteiger partial charge in [-0.1, -0.05) is 6.07 Å². The summed E-state index contributed by atoms with van der Waals surface area (Å²) in [4.78, 5) is 3.51. The van der Waals surface area contributed by atoms with Crippen molar-refractivity contribution in [3.63, 3.8) is 0 Å². The highest BCUT2D eigenvalue weighted by Crippen LogP contribution is 2.04. The zero-order valence-corrected chi connectivity index (χ0v) is 6.42. The molecule has 0 aliphatic heterocycles. The fourth-order valence-corrected chi connectivity index (χ4v) is 0.918. The molecule has 0 aliphatic carbocycles. The maximum atomic E-state index is 12.8. The SMILES string of the molecule is C[C@@H](N)Cc1cccnc1F. The van der Waals surface area contributed by atoms with Crippen LogP contribution in [0.5, 0.6) is 0 Å². The second-order valence-electron chi connectivity index (χ2n) is 2.63. The number of nitrogens with two attached hydrogens (primary N) is 1. The second-order valence-corrected chi connectivity index (χ2v) is 2.63. The summed E-state index contributed by atoms with van der Waals surface area (Å²) >= 11 is 0. The van der Waals surface area contributed by atoms with Crippen LogP contribution in [0.3, 0.4) is 0 Å². The van der Waals surface area contributed by atoms with E-state index in [-0.39, 0.29) is 6.04 Å². The van der Waals surface area contributed by atoms with Crippen LogP contribution >= 0.6 is 0 Å². The molecule has 1 atom stereocenters. The Kier molecular flexibility index (Phi) is 2.54. The van der Waals surface area contributed by atoms with Crippen molar-refractivity contribution in [2.45, 2.75) is 19.4 Å². The van der Waals surface area contributed by atoms with Crippen molar-refractivity contribution in [3.8, 4) is 0 Å². The lowest BCUT2D eigenvalue weighted by Gasteiger charge is -2.04. The average Bonchev–Trinajstić information content (AvgIpc) is 1.93. The molecular weight excluding hydrogens is 143 g/mol. The van der Waals surface area contributed by atoms with Crippen LogP contribution in [0.4, 0.5) is 4.39 Å². The van der Waals surface area contributed by atoms with Crippen molar-refractivity contribution >= 4 is 0 Å². The molecule has 0 fully saturated rings. The molecule has 0 aromatic carbocycles. The third-order valence-electron chi connectivity index (χ3n) is 1.38. The van der Waals surface area contributed by atoms with Gasteiger partial charge in [-0.25, -0.2) is 4.98 Å². The Labute approximate surface area is 65.3 Å². The van der Waals surface area contributed by atoms with E-state index in [4.69, 9.17) is 5.73 Å². The van der Waals surface area contributed by atoms with E-state index < -0.39 is 5.95 Å². The average molecular weight is 154 g/mol. The van der Waals surface area contributed by atoms with Crippen LogP contribution in [0, 0.1) is 5.95 Å². The molecule has 0 saturated heterocycles. The van der Waals surface area contributed by atoms with Crippen LogP contribution in [0.1, 0.15) is 12.5 Å². The molecule has 1 aromatic rings. The zero-order chi connectivity index (χ0) is 8.27. The molecule has 1 aromatic heterocycles. The molecule has 60 valence electrons. The van der Waals surface area contributed by atoms with Gasteiger partial charge in [0.1, 0.15) is 0 Å². The Bertz CT molecular complexity index is 235. The van der Waals surface area contributed by atoms with Crippen LogP contribution < -0.4 is 5.73 Å². The first-order chi connectivity index (χ1) is 5.20. The summed E-state index contributed by atoms with van der Waals surface area (Å²) < 4.78 is 12.8. The number of rotatable bonds is 2. The highest BCUT2D eigenvalue weighted by atomic mass is 19.1. The predicted octanol–water partition coefficient (Wildman–Crippen LogP) is 1.11. The molecule has 1 rings (SSSR count). The monoisotopic (exact) mass is 154 g/mol. The van der Waals surface area contributed by atoms with E-state index in [0.717, 1.165) is 0 Å². The van der Waals surface area contributed by atoms with Gasteiger partial charge in [0, 0.05) is 17.8 Å². The van der Waals surface area contributed by atoms with Gasteiger partial charge in [0.2, 0.25) is 5.95 Å². The predicted molar refractivity (Wildman–Crippen MR) is 41.5 cm³/mol. The smallest absolute Gasteiger partial charge is 0.216 e. The summed E-state index contributed by atoms with van der Waals surface area (Å²) in [6.07, 6.45) is 1.97. The number of hydrogen-bond acceptors (Lipinski definition) is 2. The molecule has 1 heterocycles. The van der Waals surface area contributed by atoms with E-state index >= 15 is 0 Å². The second kappa shape index (κ2) is 3.44. The van der Waals surface area contributed by atoms with Crippen molar-refractivity contribution in [1.82, 2.24) is 4.98 Å². The minimum Gasteiger partial charge on any atom is -0.328 e. The minimum atomic E-state index is -0.412. The Morgan fingerprint density at radius 1 is 1.73 bits per heavy atom. The summed E-state index contributed by atoms with van der Waals surface area (Å²) in [6, 6.07) is 3.39. The molecule has 0 saturated carbocycles. The highest BCUT2D eigenvalue weighted by Gasteiger charge is 2.03. The molecule has 0 aliphatic rings. The molecule has 0 spiro atoms. The van der Waals surface area contributed by atoms with Crippen LogP contribution in [-0.2, 0) is 6.42 Å². The van der Waals surface area contributed by atoms with Gasteiger partial charge < -0.3 is 5.73 Å². The largest absolute Gasteiger partial charge is 0.328 e. The zero-order valence-electron chi connectivity index (χ0n) is 6.42. The van der Waals surface area contributed by atoms with Crippen LogP contribution in [-0.4, -0.2) is 11.0 Å². The van der Waals surface area contributed by atoms with Crippen LogP contribution in [0.15, 0.2) is 18.3 Å². The lowest BCUT2D eigenvalue weighted by atomic mass is 10.1. The lowest BCUT2D eigenvalue weighted by Crippen LogP contribution is -2.18. The molecule has 3 heteroatoms. The molecule has 0 unspecified atom stereocenters. The van der Waals surface area contributed by atoms with Gasteiger partial charge in [-0.2, -0.15) is 4.39 Å². The van der Waals surface area contributed by atoms with Gasteiger partial charge in [0.05, 0.1) is 0 Å². The quantitative estimate of drug-likeness (QED) is 0.648. The van der Waals surface area contributed by atoms with Crippen LogP contribution in [0.2, 0.25) is 0 Å². The van der Waals surface area contributed by atoms with Gasteiger partial charge in [0.15, 0.2) is 0 Å². The topological polar surface area (TPSA) is 38.9 Å². The van der Waals surface area contributed by atoms with E-state index in [9.17, 15) is 4.39 Å². The molecule has 0 amide bonds. The number of pyridine rings is 1. The Morgan fingerprint density at radius 3 is 3.00 bits per heavy atom. The summed E-state index contributed by atoms with van der Waals surface area (Å²) in [5, 5.41) is 0. The van der Waals surface area contributed by atoms with Gasteiger partial charge in [-0.05, 0) is 19.4 Å². The van der Waals surface area contributed by atoms with Gasteiger partial charge in [-0.3, -0.25) is 0 Å². The summed E-state index contributed by atoms with van der Waals surface area (Å²) in [5.74, 6) is -0.412. The van der Waals surface area contributed by atoms with Gasteiger partial charge >= 0.3 is 0 Å². The fourth-order valence-electron chi connectivity index (χ4n) is 0.918. The van der Waals surface area contributed by atoms with Crippen molar-refractivity contribution in [2.24, 2.45) is 5.73 Å². The number of aromatic nitrogens is 1. The third kappa shape index (κ3) is 2.27. The Balaban J connectivity index is 2.78. The number of halogens is 1. The molecule has 2 nitrogen and oxygen atoms in total. The molecular formula is C8H11FN2. The summed E-state index contributed by atoms with van der Waals surface area (Å²) in [7, 11) is 0. The van der Waals surface area contributed by atoms with E-state index in [2.05, 4.69) is 4.98 Å². The Morgan fingerprint density at radius 2 is 2.45 bits per heavy atom. The molecule has 2 N–H and O–H groups in total. The van der Waals surface area contributed by atoms with E-state index in [0.29, 0.717) is 12.0 Å². The third-order valence-corrected chi connectivity index (χ3v) is 1.38. The van der Waals surface area contributed by atoms with Crippen LogP contribution in [0.25, 0.3) is 0 Å². The summed E-state index contributed by atoms with van der Waals surface area (Å²) in [5.41, 5.74) is 6.08. The van der Waals surface area contributed by atoms with Crippen molar-refractivity contribution in [3.05, 3.63) is 29.8 Å². The minimum absolute atomic E-state index is 0.0197. The molecule has 0 bridgehead atoms. The number of hydrogen-bond donors (Lipinski definition) is 1. The first-order valence-electron chi connectivity index (χ1n) is 3.55. The summed E-state index contributed by atoms with van der Waals surface area (Å²) in [6.45, 7) is 1.84. The van der Waals surface area contributed by atoms with Crippen molar-refractivity contribution in [2.75, 3.05) is 0 Å². The first-order valence-corrected chi connectivity index (χ1v) is 3.55. The van der Waals surface area contributed by atoms with Gasteiger partial charge in [-0.15, -0.1) is 0 Å². The van der Waals surface area contributed by atoms with Crippen molar-refractivity contribution in [1.29, 1.82) is 0 Å². The normalized spacial score (nSPS) is 13.0. The number of nitrogens with zero attached hydrogens (tertiary/aromatic N) is 1.